The average Bonchev–Trinajstić information content (AvgIpc) is 3.16. The van der Waals surface area contributed by atoms with Crippen LogP contribution < -0.4 is 0 Å². The molecule has 0 aromatic heterocycles. The van der Waals surface area contributed by atoms with E-state index in [1.165, 1.54) is 51.9 Å². The molecule has 2 aliphatic rings. The first-order valence-electron chi connectivity index (χ1n) is 7.95. The smallest absolute Gasteiger partial charge is 0.335 e. The summed E-state index contributed by atoms with van der Waals surface area (Å²) in [4.78, 5) is 11.4. The summed E-state index contributed by atoms with van der Waals surface area (Å²) >= 11 is 0. The van der Waals surface area contributed by atoms with Crippen molar-refractivity contribution in [2.24, 2.45) is 0 Å². The summed E-state index contributed by atoms with van der Waals surface area (Å²) < 4.78 is 0. The lowest BCUT2D eigenvalue weighted by Crippen LogP contribution is -2.02. The zero-order chi connectivity index (χ0) is 14.8. The van der Waals surface area contributed by atoms with Crippen molar-refractivity contribution >= 4 is 27.5 Å². The van der Waals surface area contributed by atoms with Gasteiger partial charge >= 0.3 is 5.97 Å². The van der Waals surface area contributed by atoms with E-state index in [1.807, 2.05) is 12.1 Å². The van der Waals surface area contributed by atoms with Crippen molar-refractivity contribution in [3.8, 4) is 0 Å². The molecule has 2 atom stereocenters. The molecular weight excluding hydrogens is 272 g/mol. The number of hydrogen-bond donors (Lipinski definition) is 1. The van der Waals surface area contributed by atoms with Crippen LogP contribution in [0.5, 0.6) is 0 Å². The van der Waals surface area contributed by atoms with E-state index in [2.05, 4.69) is 24.3 Å². The summed E-state index contributed by atoms with van der Waals surface area (Å²) in [5.41, 5.74) is 3.34. The number of carboxylic acids is 1. The van der Waals surface area contributed by atoms with Gasteiger partial charge in [0.05, 0.1) is 5.56 Å². The predicted molar refractivity (Wildman–Crippen MR) is 87.7 cm³/mol. The van der Waals surface area contributed by atoms with Crippen LogP contribution in [-0.2, 0) is 0 Å². The van der Waals surface area contributed by atoms with E-state index >= 15 is 0 Å². The van der Waals surface area contributed by atoms with Crippen LogP contribution in [0.2, 0.25) is 0 Å². The number of hydrogen-bond acceptors (Lipinski definition) is 1. The van der Waals surface area contributed by atoms with Gasteiger partial charge in [-0.1, -0.05) is 30.3 Å². The Morgan fingerprint density at radius 3 is 2.23 bits per heavy atom. The van der Waals surface area contributed by atoms with E-state index in [4.69, 9.17) is 0 Å². The van der Waals surface area contributed by atoms with Crippen molar-refractivity contribution in [3.05, 3.63) is 59.2 Å². The molecule has 0 saturated heterocycles. The lowest BCUT2D eigenvalue weighted by Gasteiger charge is -2.21. The van der Waals surface area contributed by atoms with Gasteiger partial charge in [-0.05, 0) is 75.9 Å². The molecule has 3 aromatic rings. The maximum absolute atomic E-state index is 11.4. The van der Waals surface area contributed by atoms with Crippen molar-refractivity contribution in [1.29, 1.82) is 0 Å². The molecule has 0 amide bonds. The summed E-state index contributed by atoms with van der Waals surface area (Å²) in [7, 11) is 0. The highest BCUT2D eigenvalue weighted by Crippen LogP contribution is 2.57. The van der Waals surface area contributed by atoms with Gasteiger partial charge in [0.25, 0.3) is 0 Å². The monoisotopic (exact) mass is 288 g/mol. The summed E-state index contributed by atoms with van der Waals surface area (Å²) in [6.45, 7) is 0. The van der Waals surface area contributed by atoms with Gasteiger partial charge in [-0.3, -0.25) is 0 Å². The Balaban J connectivity index is 2.00. The van der Waals surface area contributed by atoms with Gasteiger partial charge < -0.3 is 5.11 Å². The van der Waals surface area contributed by atoms with Crippen molar-refractivity contribution in [2.45, 2.75) is 31.1 Å². The van der Waals surface area contributed by atoms with Gasteiger partial charge in [0.1, 0.15) is 0 Å². The number of aromatic carboxylic acids is 1. The SMILES string of the molecule is O=C(O)c1ccc2c(c1)c1c(c3ccccc32)C2CCC1C2. The Bertz CT molecular complexity index is 955. The minimum Gasteiger partial charge on any atom is -0.478 e. The minimum atomic E-state index is -0.841. The van der Waals surface area contributed by atoms with Crippen molar-refractivity contribution in [3.63, 3.8) is 0 Å². The first kappa shape index (κ1) is 12.2. The Morgan fingerprint density at radius 1 is 0.864 bits per heavy atom. The third-order valence-corrected chi connectivity index (χ3v) is 5.60. The highest BCUT2D eigenvalue weighted by molar-refractivity contribution is 6.13. The third kappa shape index (κ3) is 1.42. The molecule has 1 saturated carbocycles. The summed E-state index contributed by atoms with van der Waals surface area (Å²) in [6, 6.07) is 14.2. The van der Waals surface area contributed by atoms with Crippen LogP contribution in [0.3, 0.4) is 0 Å². The second-order valence-corrected chi connectivity index (χ2v) is 6.65. The first-order chi connectivity index (χ1) is 10.7. The Kier molecular flexibility index (Phi) is 2.28. The van der Waals surface area contributed by atoms with Crippen molar-refractivity contribution < 1.29 is 9.90 Å². The van der Waals surface area contributed by atoms with Crippen LogP contribution in [-0.4, -0.2) is 11.1 Å². The number of carboxylic acid groups (broad SMARTS) is 1. The van der Waals surface area contributed by atoms with Crippen LogP contribution in [0.25, 0.3) is 21.5 Å². The molecule has 22 heavy (non-hydrogen) atoms. The van der Waals surface area contributed by atoms with Gasteiger partial charge in [-0.2, -0.15) is 0 Å². The van der Waals surface area contributed by atoms with Crippen LogP contribution in [0, 0.1) is 0 Å². The summed E-state index contributed by atoms with van der Waals surface area (Å²) in [6.07, 6.45) is 3.78. The van der Waals surface area contributed by atoms with Gasteiger partial charge in [-0.15, -0.1) is 0 Å². The fourth-order valence-electron chi connectivity index (χ4n) is 4.76. The number of fused-ring (bicyclic) bond motifs is 10. The van der Waals surface area contributed by atoms with Gasteiger partial charge in [-0.25, -0.2) is 4.79 Å². The normalized spacial score (nSPS) is 22.4. The van der Waals surface area contributed by atoms with E-state index in [-0.39, 0.29) is 0 Å². The Hall–Kier alpha value is -2.35. The third-order valence-electron chi connectivity index (χ3n) is 5.60. The summed E-state index contributed by atoms with van der Waals surface area (Å²) in [5.74, 6) is 0.450. The van der Waals surface area contributed by atoms with Gasteiger partial charge in [0.15, 0.2) is 0 Å². The van der Waals surface area contributed by atoms with E-state index in [0.29, 0.717) is 17.4 Å². The van der Waals surface area contributed by atoms with E-state index in [9.17, 15) is 9.90 Å². The predicted octanol–water partition coefficient (Wildman–Crippen LogP) is 5.06. The molecule has 0 heterocycles. The van der Waals surface area contributed by atoms with Gasteiger partial charge in [0, 0.05) is 0 Å². The van der Waals surface area contributed by atoms with E-state index < -0.39 is 5.97 Å². The molecule has 2 aliphatic carbocycles. The zero-order valence-corrected chi connectivity index (χ0v) is 12.2. The standard InChI is InChI=1S/C20H16O2/c21-20(22)13-7-8-15-14-3-1-2-4-16(14)18-11-5-6-12(9-11)19(18)17(15)10-13/h1-4,7-8,10-12H,5-6,9H2,(H,21,22). The fourth-order valence-corrected chi connectivity index (χ4v) is 4.76. The van der Waals surface area contributed by atoms with Crippen LogP contribution in [0.15, 0.2) is 42.5 Å². The molecule has 2 nitrogen and oxygen atoms in total. The first-order valence-corrected chi connectivity index (χ1v) is 7.95. The second-order valence-electron chi connectivity index (χ2n) is 6.65. The Labute approximate surface area is 128 Å². The second kappa shape index (κ2) is 4.10. The quantitative estimate of drug-likeness (QED) is 0.636. The fraction of sp³-hybridized carbons (Fsp3) is 0.250. The molecule has 108 valence electrons. The lowest BCUT2D eigenvalue weighted by atomic mass is 9.83. The molecule has 1 fully saturated rings. The molecule has 0 spiro atoms. The molecular formula is C20H16O2. The van der Waals surface area contributed by atoms with E-state index in [1.54, 1.807) is 6.07 Å². The molecule has 0 radical (unpaired) electrons. The molecule has 0 aliphatic heterocycles. The molecule has 3 aromatic carbocycles. The summed E-state index contributed by atoms with van der Waals surface area (Å²) in [5, 5.41) is 14.3. The van der Waals surface area contributed by atoms with Crippen LogP contribution in [0.4, 0.5) is 0 Å². The number of rotatable bonds is 1. The topological polar surface area (TPSA) is 37.3 Å². The number of carbonyl (C=O) groups is 1. The maximum Gasteiger partial charge on any atom is 0.335 e. The zero-order valence-electron chi connectivity index (χ0n) is 12.2. The molecule has 5 rings (SSSR count). The lowest BCUT2D eigenvalue weighted by molar-refractivity contribution is 0.0697. The molecule has 2 heteroatoms. The van der Waals surface area contributed by atoms with Crippen LogP contribution >= 0.6 is 0 Å². The number of benzene rings is 3. The largest absolute Gasteiger partial charge is 0.478 e. The molecule has 1 N–H and O–H groups in total. The molecule has 2 bridgehead atoms. The van der Waals surface area contributed by atoms with Crippen LogP contribution in [0.1, 0.15) is 52.6 Å². The highest BCUT2D eigenvalue weighted by atomic mass is 16.4. The van der Waals surface area contributed by atoms with E-state index in [0.717, 1.165) is 0 Å². The molecule has 2 unspecified atom stereocenters. The van der Waals surface area contributed by atoms with Crippen molar-refractivity contribution in [2.75, 3.05) is 0 Å². The minimum absolute atomic E-state index is 0.396. The van der Waals surface area contributed by atoms with Crippen molar-refractivity contribution in [1.82, 2.24) is 0 Å². The Morgan fingerprint density at radius 2 is 1.50 bits per heavy atom. The average molecular weight is 288 g/mol. The maximum atomic E-state index is 11.4. The van der Waals surface area contributed by atoms with Gasteiger partial charge in [0.2, 0.25) is 0 Å². The highest BCUT2D eigenvalue weighted by Gasteiger charge is 2.39.